The van der Waals surface area contributed by atoms with Crippen molar-refractivity contribution >= 4 is 23.1 Å². The van der Waals surface area contributed by atoms with Crippen LogP contribution < -0.4 is 5.32 Å². The molecule has 0 saturated carbocycles. The number of aromatic carboxylic acids is 1. The van der Waals surface area contributed by atoms with Crippen molar-refractivity contribution in [1.82, 2.24) is 15.0 Å². The number of thiazole rings is 1. The number of nitrogens with zero attached hydrogens (tertiary/aromatic N) is 3. The molecule has 106 valence electrons. The normalized spacial score (nSPS) is 12.2. The molecule has 20 heavy (non-hydrogen) atoms. The topological polar surface area (TPSA) is 88.0 Å². The molecule has 0 aliphatic rings. The third-order valence-electron chi connectivity index (χ3n) is 2.66. The lowest BCUT2D eigenvalue weighted by atomic mass is 10.3. The van der Waals surface area contributed by atoms with Crippen LogP contribution in [-0.4, -0.2) is 26.0 Å². The molecule has 0 aliphatic carbocycles. The molecule has 8 heteroatoms. The number of hydrogen-bond acceptors (Lipinski definition) is 6. The van der Waals surface area contributed by atoms with Crippen LogP contribution in [0.5, 0.6) is 0 Å². The minimum atomic E-state index is -1.08. The van der Waals surface area contributed by atoms with Crippen molar-refractivity contribution < 1.29 is 14.3 Å². The van der Waals surface area contributed by atoms with E-state index >= 15 is 0 Å². The summed E-state index contributed by atoms with van der Waals surface area (Å²) in [6.07, 6.45) is 1.76. The van der Waals surface area contributed by atoms with Gasteiger partial charge in [0.05, 0.1) is 11.7 Å². The fourth-order valence-corrected chi connectivity index (χ4v) is 2.40. The average Bonchev–Trinajstić information content (AvgIpc) is 2.91. The Bertz CT molecular complexity index is 632. The average molecular weight is 296 g/mol. The smallest absolute Gasteiger partial charge is 0.355 e. The number of carboxylic acids is 1. The van der Waals surface area contributed by atoms with E-state index in [4.69, 9.17) is 5.11 Å². The predicted molar refractivity (Wildman–Crippen MR) is 72.5 cm³/mol. The van der Waals surface area contributed by atoms with Crippen LogP contribution in [0.3, 0.4) is 0 Å². The summed E-state index contributed by atoms with van der Waals surface area (Å²) in [7, 11) is 0. The van der Waals surface area contributed by atoms with Gasteiger partial charge in [-0.2, -0.15) is 0 Å². The van der Waals surface area contributed by atoms with E-state index in [1.54, 1.807) is 13.8 Å². The lowest BCUT2D eigenvalue weighted by Gasteiger charge is -2.13. The molecule has 2 aromatic heterocycles. The monoisotopic (exact) mass is 296 g/mol. The Labute approximate surface area is 118 Å². The van der Waals surface area contributed by atoms with Gasteiger partial charge in [0.25, 0.3) is 0 Å². The van der Waals surface area contributed by atoms with E-state index in [9.17, 15) is 9.18 Å². The Hall–Kier alpha value is -2.09. The molecule has 2 aromatic rings. The van der Waals surface area contributed by atoms with Gasteiger partial charge in [0.2, 0.25) is 0 Å². The SMILES string of the molecule is CCc1ncnc(NC(C)c2nc(C(=O)O)cs2)c1F. The molecular formula is C12H13FN4O2S. The molecule has 0 fully saturated rings. The first-order chi connectivity index (χ1) is 9.52. The Morgan fingerprint density at radius 2 is 2.30 bits per heavy atom. The van der Waals surface area contributed by atoms with Crippen molar-refractivity contribution in [1.29, 1.82) is 0 Å². The Balaban J connectivity index is 2.18. The van der Waals surface area contributed by atoms with Crippen LogP contribution in [0.25, 0.3) is 0 Å². The number of hydrogen-bond donors (Lipinski definition) is 2. The largest absolute Gasteiger partial charge is 0.476 e. The second-order valence-corrected chi connectivity index (χ2v) is 4.97. The van der Waals surface area contributed by atoms with Gasteiger partial charge in [-0.15, -0.1) is 11.3 Å². The fourth-order valence-electron chi connectivity index (χ4n) is 1.60. The molecule has 1 unspecified atom stereocenters. The van der Waals surface area contributed by atoms with Crippen molar-refractivity contribution in [2.45, 2.75) is 26.3 Å². The molecule has 6 nitrogen and oxygen atoms in total. The van der Waals surface area contributed by atoms with Crippen LogP contribution >= 0.6 is 11.3 Å². The second kappa shape index (κ2) is 5.91. The van der Waals surface area contributed by atoms with Crippen molar-refractivity contribution in [2.24, 2.45) is 0 Å². The molecular weight excluding hydrogens is 283 g/mol. The van der Waals surface area contributed by atoms with Crippen molar-refractivity contribution in [3.63, 3.8) is 0 Å². The quantitative estimate of drug-likeness (QED) is 0.881. The van der Waals surface area contributed by atoms with Crippen molar-refractivity contribution in [3.8, 4) is 0 Å². The number of rotatable bonds is 5. The van der Waals surface area contributed by atoms with Gasteiger partial charge in [-0.25, -0.2) is 24.1 Å². The second-order valence-electron chi connectivity index (χ2n) is 4.08. The molecule has 0 bridgehead atoms. The Kier molecular flexibility index (Phi) is 4.23. The van der Waals surface area contributed by atoms with Gasteiger partial charge in [-0.05, 0) is 13.3 Å². The summed E-state index contributed by atoms with van der Waals surface area (Å²) in [6.45, 7) is 3.57. The van der Waals surface area contributed by atoms with Crippen LogP contribution in [0, 0.1) is 5.82 Å². The van der Waals surface area contributed by atoms with Gasteiger partial charge in [0, 0.05) is 5.38 Å². The molecule has 2 rings (SSSR count). The molecule has 0 amide bonds. The first-order valence-electron chi connectivity index (χ1n) is 5.97. The van der Waals surface area contributed by atoms with E-state index < -0.39 is 11.8 Å². The number of aromatic nitrogens is 3. The molecule has 1 atom stereocenters. The first kappa shape index (κ1) is 14.3. The first-order valence-corrected chi connectivity index (χ1v) is 6.85. The van der Waals surface area contributed by atoms with Crippen LogP contribution in [0.15, 0.2) is 11.7 Å². The van der Waals surface area contributed by atoms with Gasteiger partial charge >= 0.3 is 5.97 Å². The van der Waals surface area contributed by atoms with Gasteiger partial charge in [-0.3, -0.25) is 0 Å². The summed E-state index contributed by atoms with van der Waals surface area (Å²) < 4.78 is 14.0. The van der Waals surface area contributed by atoms with Gasteiger partial charge in [-0.1, -0.05) is 6.92 Å². The van der Waals surface area contributed by atoms with Crippen LogP contribution in [-0.2, 0) is 6.42 Å². The minimum absolute atomic E-state index is 0.0175. The summed E-state index contributed by atoms with van der Waals surface area (Å²) in [5.41, 5.74) is 0.316. The number of carbonyl (C=O) groups is 1. The van der Waals surface area contributed by atoms with Crippen LogP contribution in [0.1, 0.15) is 41.1 Å². The molecule has 0 saturated heterocycles. The zero-order chi connectivity index (χ0) is 14.7. The van der Waals surface area contributed by atoms with Gasteiger partial charge in [0.15, 0.2) is 17.3 Å². The van der Waals surface area contributed by atoms with E-state index in [-0.39, 0.29) is 17.6 Å². The third-order valence-corrected chi connectivity index (χ3v) is 3.69. The molecule has 0 aliphatic heterocycles. The lowest BCUT2D eigenvalue weighted by Crippen LogP contribution is -2.11. The summed E-state index contributed by atoms with van der Waals surface area (Å²) in [4.78, 5) is 22.5. The molecule has 2 heterocycles. The van der Waals surface area contributed by atoms with E-state index in [1.807, 2.05) is 0 Å². The van der Waals surface area contributed by atoms with Crippen LogP contribution in [0.2, 0.25) is 0 Å². The summed E-state index contributed by atoms with van der Waals surface area (Å²) in [6, 6.07) is -0.345. The molecule has 0 radical (unpaired) electrons. The van der Waals surface area contributed by atoms with E-state index in [2.05, 4.69) is 20.3 Å². The van der Waals surface area contributed by atoms with Crippen molar-refractivity contribution in [2.75, 3.05) is 5.32 Å². The number of nitrogens with one attached hydrogen (secondary N) is 1. The van der Waals surface area contributed by atoms with Crippen LogP contribution in [0.4, 0.5) is 10.2 Å². The molecule has 2 N–H and O–H groups in total. The number of halogens is 1. The van der Waals surface area contributed by atoms with Gasteiger partial charge in [0.1, 0.15) is 11.3 Å². The number of aryl methyl sites for hydroxylation is 1. The number of carboxylic acid groups (broad SMARTS) is 1. The maximum absolute atomic E-state index is 14.0. The minimum Gasteiger partial charge on any atom is -0.476 e. The van der Waals surface area contributed by atoms with Crippen molar-refractivity contribution in [3.05, 3.63) is 33.9 Å². The highest BCUT2D eigenvalue weighted by atomic mass is 32.1. The zero-order valence-corrected chi connectivity index (χ0v) is 11.7. The zero-order valence-electron chi connectivity index (χ0n) is 10.9. The standard InChI is InChI=1S/C12H13FN4O2S/c1-3-7-9(13)10(15-5-14-7)16-6(2)11-17-8(4-20-11)12(18)19/h4-6H,3H2,1-2H3,(H,18,19)(H,14,15,16). The Morgan fingerprint density at radius 1 is 1.55 bits per heavy atom. The number of anilines is 1. The predicted octanol–water partition coefficient (Wildman–Crippen LogP) is 2.51. The summed E-state index contributed by atoms with van der Waals surface area (Å²) >= 11 is 1.20. The maximum atomic E-state index is 14.0. The highest BCUT2D eigenvalue weighted by Crippen LogP contribution is 2.23. The highest BCUT2D eigenvalue weighted by Gasteiger charge is 2.17. The van der Waals surface area contributed by atoms with E-state index in [0.717, 1.165) is 0 Å². The maximum Gasteiger partial charge on any atom is 0.355 e. The summed E-state index contributed by atoms with van der Waals surface area (Å²) in [5, 5.41) is 13.7. The highest BCUT2D eigenvalue weighted by molar-refractivity contribution is 7.09. The molecule has 0 spiro atoms. The van der Waals surface area contributed by atoms with Gasteiger partial charge < -0.3 is 10.4 Å². The van der Waals surface area contributed by atoms with E-state index in [1.165, 1.54) is 23.0 Å². The summed E-state index contributed by atoms with van der Waals surface area (Å²) in [5.74, 6) is -1.48. The fraction of sp³-hybridized carbons (Fsp3) is 0.333. The lowest BCUT2D eigenvalue weighted by molar-refractivity contribution is 0.0691. The Morgan fingerprint density at radius 3 is 2.90 bits per heavy atom. The van der Waals surface area contributed by atoms with E-state index in [0.29, 0.717) is 17.1 Å². The third kappa shape index (κ3) is 2.90. The molecule has 0 aromatic carbocycles.